The number of hydrogen-bond acceptors (Lipinski definition) is 6. The van der Waals surface area contributed by atoms with Gasteiger partial charge in [0, 0.05) is 0 Å². The minimum Gasteiger partial charge on any atom is -0.465 e. The van der Waals surface area contributed by atoms with Gasteiger partial charge in [-0.25, -0.2) is 0 Å². The van der Waals surface area contributed by atoms with Crippen LogP contribution in [0.1, 0.15) is 79.6 Å². The fourth-order valence-corrected chi connectivity index (χ4v) is 8.82. The number of carbonyl (C=O) groups excluding carboxylic acids is 1. The molecule has 4 fully saturated rings. The molecule has 0 aromatic carbocycles. The molecule has 1 aliphatic heterocycles. The van der Waals surface area contributed by atoms with Crippen molar-refractivity contribution in [1.82, 2.24) is 0 Å². The van der Waals surface area contributed by atoms with E-state index in [0.717, 1.165) is 32.1 Å². The summed E-state index contributed by atoms with van der Waals surface area (Å²) in [5, 5.41) is 42.6. The summed E-state index contributed by atoms with van der Waals surface area (Å²) in [5.41, 5.74) is -0.333. The Bertz CT molecular complexity index is 727. The van der Waals surface area contributed by atoms with Crippen LogP contribution >= 0.6 is 0 Å². The van der Waals surface area contributed by atoms with E-state index in [1.165, 1.54) is 0 Å². The topological polar surface area (TPSA) is 107 Å². The highest BCUT2D eigenvalue weighted by Gasteiger charge is 2.63. The largest absolute Gasteiger partial charge is 0.465 e. The van der Waals surface area contributed by atoms with Gasteiger partial charge in [0.25, 0.3) is 0 Å². The Hall–Kier alpha value is -0.690. The molecule has 0 amide bonds. The van der Waals surface area contributed by atoms with Crippen molar-refractivity contribution >= 4 is 5.97 Å². The maximum absolute atomic E-state index is 13.0. The lowest BCUT2D eigenvalue weighted by molar-refractivity contribution is -0.162. The Morgan fingerprint density at radius 2 is 1.67 bits per heavy atom. The van der Waals surface area contributed by atoms with E-state index in [2.05, 4.69) is 20.8 Å². The molecule has 0 radical (unpaired) electrons. The first-order valence-electron chi connectivity index (χ1n) is 13.3. The molecule has 1 heterocycles. The van der Waals surface area contributed by atoms with Crippen LogP contribution in [0.2, 0.25) is 0 Å². The Morgan fingerprint density at radius 3 is 2.33 bits per heavy atom. The summed E-state index contributed by atoms with van der Waals surface area (Å²) >= 11 is 0. The van der Waals surface area contributed by atoms with Crippen LogP contribution in [0.25, 0.3) is 0 Å². The Morgan fingerprint density at radius 1 is 1.00 bits per heavy atom. The average molecular weight is 467 g/mol. The van der Waals surface area contributed by atoms with Crippen LogP contribution in [0, 0.1) is 52.3 Å². The van der Waals surface area contributed by atoms with Gasteiger partial charge >= 0.3 is 5.97 Å². The Labute approximate surface area is 199 Å². The molecule has 6 nitrogen and oxygen atoms in total. The molecule has 4 N–H and O–H groups in total. The third-order valence-corrected chi connectivity index (χ3v) is 11.2. The molecule has 13 atom stereocenters. The van der Waals surface area contributed by atoms with Crippen molar-refractivity contribution in [3.05, 3.63) is 0 Å². The SMILES string of the molecule is CC[C@H](C)[C@@H](O)[C@@H](O)[C@@H](C)[C@H]1CC[C@H]2[C@@H]3COC(=O)[C@H]4C[C@H](O)[C@H](O)C[C@]4(C)[C@H]3CC[C@]12C. The maximum Gasteiger partial charge on any atom is 0.309 e. The van der Waals surface area contributed by atoms with E-state index in [-0.39, 0.29) is 52.8 Å². The number of cyclic esters (lactones) is 1. The number of hydrogen-bond donors (Lipinski definition) is 4. The summed E-state index contributed by atoms with van der Waals surface area (Å²) < 4.78 is 5.85. The zero-order valence-electron chi connectivity index (χ0n) is 21.1. The monoisotopic (exact) mass is 466 g/mol. The fourth-order valence-electron chi connectivity index (χ4n) is 8.82. The zero-order chi connectivity index (χ0) is 24.3. The number of aliphatic hydroxyl groups excluding tert-OH is 4. The molecule has 3 saturated carbocycles. The number of fused-ring (bicyclic) bond motifs is 5. The smallest absolute Gasteiger partial charge is 0.309 e. The van der Waals surface area contributed by atoms with Crippen molar-refractivity contribution < 1.29 is 30.0 Å². The lowest BCUT2D eigenvalue weighted by Gasteiger charge is -2.56. The third kappa shape index (κ3) is 3.97. The van der Waals surface area contributed by atoms with Gasteiger partial charge in [-0.3, -0.25) is 4.79 Å². The number of ether oxygens (including phenoxy) is 1. The first kappa shape index (κ1) is 25.4. The predicted molar refractivity (Wildman–Crippen MR) is 125 cm³/mol. The summed E-state index contributed by atoms with van der Waals surface area (Å²) in [6, 6.07) is 0. The molecule has 4 aliphatic rings. The molecule has 33 heavy (non-hydrogen) atoms. The quantitative estimate of drug-likeness (QED) is 0.464. The minimum atomic E-state index is -0.865. The van der Waals surface area contributed by atoms with Crippen LogP contribution in [-0.4, -0.2) is 57.4 Å². The van der Waals surface area contributed by atoms with Gasteiger partial charge < -0.3 is 25.2 Å². The molecule has 6 heteroatoms. The van der Waals surface area contributed by atoms with Crippen LogP contribution in [-0.2, 0) is 9.53 Å². The number of carbonyl (C=O) groups is 1. The molecule has 0 spiro atoms. The molecule has 4 rings (SSSR count). The van der Waals surface area contributed by atoms with Gasteiger partial charge in [-0.2, -0.15) is 0 Å². The Kier molecular flexibility index (Phi) is 6.98. The maximum atomic E-state index is 13.0. The molecule has 0 aromatic heterocycles. The molecule has 190 valence electrons. The van der Waals surface area contributed by atoms with Gasteiger partial charge in [-0.05, 0) is 84.9 Å². The van der Waals surface area contributed by atoms with E-state index in [9.17, 15) is 25.2 Å². The number of rotatable bonds is 5. The Balaban J connectivity index is 1.59. The standard InChI is InChI=1S/C27H46O6/c1-6-14(2)23(30)24(31)15(3)17-7-8-18-16-13-33-25(32)20-11-21(28)22(29)12-27(20,5)19(16)9-10-26(17,18)4/h14-24,28-31H,6-13H2,1-5H3/t14-,15-,16-,17+,18-,19-,20+,21-,22+,23+,24-,26+,27+/m0/s1. The fraction of sp³-hybridized carbons (Fsp3) is 0.963. The summed E-state index contributed by atoms with van der Waals surface area (Å²) in [6.07, 6.45) is 2.51. The van der Waals surface area contributed by atoms with Crippen molar-refractivity contribution in [1.29, 1.82) is 0 Å². The summed E-state index contributed by atoms with van der Waals surface area (Å²) in [4.78, 5) is 13.0. The second-order valence-corrected chi connectivity index (χ2v) is 12.6. The summed E-state index contributed by atoms with van der Waals surface area (Å²) in [5.74, 6) is 0.715. The van der Waals surface area contributed by atoms with Crippen molar-refractivity contribution in [2.24, 2.45) is 52.3 Å². The van der Waals surface area contributed by atoms with E-state index in [4.69, 9.17) is 4.74 Å². The van der Waals surface area contributed by atoms with Gasteiger partial charge in [0.05, 0.1) is 36.9 Å². The van der Waals surface area contributed by atoms with E-state index in [1.807, 2.05) is 13.8 Å². The van der Waals surface area contributed by atoms with E-state index in [0.29, 0.717) is 24.9 Å². The van der Waals surface area contributed by atoms with Gasteiger partial charge in [-0.15, -0.1) is 0 Å². The van der Waals surface area contributed by atoms with Crippen molar-refractivity contribution in [2.45, 2.75) is 104 Å². The highest BCUT2D eigenvalue weighted by Crippen LogP contribution is 2.66. The van der Waals surface area contributed by atoms with Crippen molar-refractivity contribution in [2.75, 3.05) is 6.61 Å². The van der Waals surface area contributed by atoms with Gasteiger partial charge in [0.2, 0.25) is 0 Å². The molecular weight excluding hydrogens is 420 g/mol. The van der Waals surface area contributed by atoms with Crippen LogP contribution in [0.3, 0.4) is 0 Å². The minimum absolute atomic E-state index is 0.00358. The number of esters is 1. The summed E-state index contributed by atoms with van der Waals surface area (Å²) in [6.45, 7) is 11.1. The zero-order valence-corrected chi connectivity index (χ0v) is 21.1. The van der Waals surface area contributed by atoms with Crippen LogP contribution < -0.4 is 0 Å². The first-order chi connectivity index (χ1) is 15.5. The highest BCUT2D eigenvalue weighted by molar-refractivity contribution is 5.74. The third-order valence-electron chi connectivity index (χ3n) is 11.2. The molecule has 0 unspecified atom stereocenters. The predicted octanol–water partition coefficient (Wildman–Crippen LogP) is 3.14. The van der Waals surface area contributed by atoms with E-state index >= 15 is 0 Å². The normalized spacial score (nSPS) is 49.0. The second kappa shape index (κ2) is 9.07. The first-order valence-corrected chi connectivity index (χ1v) is 13.3. The molecule has 0 aromatic rings. The molecule has 0 bridgehead atoms. The number of aliphatic hydroxyl groups is 4. The van der Waals surface area contributed by atoms with E-state index in [1.54, 1.807) is 0 Å². The van der Waals surface area contributed by atoms with Crippen LogP contribution in [0.15, 0.2) is 0 Å². The average Bonchev–Trinajstić information content (AvgIpc) is 3.09. The van der Waals surface area contributed by atoms with Crippen molar-refractivity contribution in [3.63, 3.8) is 0 Å². The molecular formula is C27H46O6. The van der Waals surface area contributed by atoms with Gasteiger partial charge in [-0.1, -0.05) is 41.0 Å². The van der Waals surface area contributed by atoms with E-state index < -0.39 is 24.4 Å². The van der Waals surface area contributed by atoms with Crippen molar-refractivity contribution in [3.8, 4) is 0 Å². The molecule has 3 aliphatic carbocycles. The highest BCUT2D eigenvalue weighted by atomic mass is 16.5. The lowest BCUT2D eigenvalue weighted by atomic mass is 9.48. The lowest BCUT2D eigenvalue weighted by Crippen LogP contribution is -2.55. The van der Waals surface area contributed by atoms with Crippen LogP contribution in [0.4, 0.5) is 0 Å². The van der Waals surface area contributed by atoms with Gasteiger partial charge in [0.1, 0.15) is 0 Å². The summed E-state index contributed by atoms with van der Waals surface area (Å²) in [7, 11) is 0. The van der Waals surface area contributed by atoms with Gasteiger partial charge in [0.15, 0.2) is 0 Å². The second-order valence-electron chi connectivity index (χ2n) is 12.6. The molecule has 1 saturated heterocycles. The van der Waals surface area contributed by atoms with Crippen LogP contribution in [0.5, 0.6) is 0 Å².